The third-order valence-corrected chi connectivity index (χ3v) is 3.92. The minimum atomic E-state index is -1.01. The fourth-order valence-electron chi connectivity index (χ4n) is 2.21. The van der Waals surface area contributed by atoms with Crippen LogP contribution in [0.2, 0.25) is 5.02 Å². The zero-order chi connectivity index (χ0) is 21.4. The van der Waals surface area contributed by atoms with E-state index < -0.39 is 18.0 Å². The number of nitrogens with zero attached hydrogens (tertiary/aromatic N) is 1. The Balaban J connectivity index is 1.85. The number of aromatic nitrogens is 1. The molecule has 0 aliphatic rings. The zero-order valence-corrected chi connectivity index (χ0v) is 17.1. The number of anilines is 1. The Hall–Kier alpha value is -3.13. The molecule has 0 saturated carbocycles. The number of ether oxygens (including phenoxy) is 1. The fourth-order valence-corrected chi connectivity index (χ4v) is 2.33. The van der Waals surface area contributed by atoms with Crippen LogP contribution in [0.3, 0.4) is 0 Å². The van der Waals surface area contributed by atoms with Crippen molar-refractivity contribution in [1.82, 2.24) is 15.6 Å². The first-order chi connectivity index (χ1) is 13.7. The molecule has 0 radical (unpaired) electrons. The molecule has 0 bridgehead atoms. The van der Waals surface area contributed by atoms with E-state index in [2.05, 4.69) is 20.9 Å². The van der Waals surface area contributed by atoms with Crippen molar-refractivity contribution in [3.63, 3.8) is 0 Å². The molecule has 154 valence electrons. The Morgan fingerprint density at radius 3 is 2.34 bits per heavy atom. The second-order valence-corrected chi connectivity index (χ2v) is 7.01. The van der Waals surface area contributed by atoms with E-state index in [-0.39, 0.29) is 12.1 Å². The average molecular weight is 419 g/mol. The lowest BCUT2D eigenvalue weighted by molar-refractivity contribution is -0.123. The molecule has 2 aromatic rings. The molecular weight excluding hydrogens is 396 g/mol. The number of hydrogen-bond acceptors (Lipinski definition) is 5. The van der Waals surface area contributed by atoms with Crippen LogP contribution in [0, 0.1) is 0 Å². The van der Waals surface area contributed by atoms with Gasteiger partial charge in [-0.1, -0.05) is 23.7 Å². The van der Waals surface area contributed by atoms with Crippen molar-refractivity contribution in [2.45, 2.75) is 39.5 Å². The summed E-state index contributed by atoms with van der Waals surface area (Å²) in [7, 11) is 0. The van der Waals surface area contributed by atoms with Gasteiger partial charge in [0, 0.05) is 18.8 Å². The van der Waals surface area contributed by atoms with E-state index in [0.29, 0.717) is 22.9 Å². The van der Waals surface area contributed by atoms with Gasteiger partial charge in [0.15, 0.2) is 6.10 Å². The molecule has 1 aromatic carbocycles. The summed E-state index contributed by atoms with van der Waals surface area (Å²) in [6.45, 7) is 5.52. The normalized spacial score (nSPS) is 11.5. The first-order valence-electron chi connectivity index (χ1n) is 9.01. The van der Waals surface area contributed by atoms with Crippen LogP contribution in [-0.4, -0.2) is 35.0 Å². The van der Waals surface area contributed by atoms with Gasteiger partial charge in [-0.2, -0.15) is 0 Å². The molecule has 2 rings (SSSR count). The van der Waals surface area contributed by atoms with Crippen molar-refractivity contribution in [2.24, 2.45) is 0 Å². The predicted octanol–water partition coefficient (Wildman–Crippen LogP) is 3.13. The molecule has 0 fully saturated rings. The molecular formula is C20H23ClN4O4. The number of pyridine rings is 1. The lowest BCUT2D eigenvalue weighted by atomic mass is 10.1. The maximum Gasteiger partial charge on any atom is 0.338 e. The number of carbonyl (C=O) groups is 3. The number of urea groups is 1. The molecule has 1 aromatic heterocycles. The van der Waals surface area contributed by atoms with Crippen LogP contribution >= 0.6 is 11.6 Å². The Morgan fingerprint density at radius 1 is 1.07 bits per heavy atom. The molecule has 8 nitrogen and oxygen atoms in total. The third-order valence-electron chi connectivity index (χ3n) is 3.69. The second-order valence-electron chi connectivity index (χ2n) is 6.58. The number of carbonyl (C=O) groups excluding carboxylic acids is 3. The van der Waals surface area contributed by atoms with Crippen molar-refractivity contribution in [2.75, 3.05) is 5.32 Å². The van der Waals surface area contributed by atoms with E-state index in [1.165, 1.54) is 13.1 Å². The fraction of sp³-hybridized carbons (Fsp3) is 0.300. The van der Waals surface area contributed by atoms with Crippen molar-refractivity contribution in [3.05, 3.63) is 58.7 Å². The molecule has 0 aliphatic carbocycles. The zero-order valence-electron chi connectivity index (χ0n) is 16.4. The molecule has 1 atom stereocenters. The van der Waals surface area contributed by atoms with Crippen molar-refractivity contribution >= 4 is 35.3 Å². The smallest absolute Gasteiger partial charge is 0.338 e. The summed E-state index contributed by atoms with van der Waals surface area (Å²) in [6.07, 6.45) is 0.387. The Morgan fingerprint density at radius 2 is 1.76 bits per heavy atom. The van der Waals surface area contributed by atoms with Gasteiger partial charge >= 0.3 is 12.0 Å². The van der Waals surface area contributed by atoms with Crippen molar-refractivity contribution in [1.29, 1.82) is 0 Å². The number of halogens is 1. The molecule has 1 heterocycles. The minimum absolute atomic E-state index is 0.0433. The summed E-state index contributed by atoms with van der Waals surface area (Å²) < 4.78 is 5.19. The number of amides is 3. The summed E-state index contributed by atoms with van der Waals surface area (Å²) >= 11 is 5.75. The van der Waals surface area contributed by atoms with Gasteiger partial charge in [-0.15, -0.1) is 0 Å². The van der Waals surface area contributed by atoms with Crippen LogP contribution in [0.15, 0.2) is 42.6 Å². The lowest BCUT2D eigenvalue weighted by Gasteiger charge is -2.13. The Bertz CT molecular complexity index is 854. The molecule has 0 aliphatic heterocycles. The van der Waals surface area contributed by atoms with Crippen LogP contribution in [0.25, 0.3) is 0 Å². The topological polar surface area (TPSA) is 109 Å². The van der Waals surface area contributed by atoms with Crippen LogP contribution in [0.4, 0.5) is 10.6 Å². The first kappa shape index (κ1) is 22.2. The number of benzene rings is 1. The molecule has 29 heavy (non-hydrogen) atoms. The van der Waals surface area contributed by atoms with Gasteiger partial charge in [0.1, 0.15) is 5.82 Å². The van der Waals surface area contributed by atoms with Crippen LogP contribution in [-0.2, 0) is 16.1 Å². The van der Waals surface area contributed by atoms with E-state index >= 15 is 0 Å². The number of esters is 1. The third kappa shape index (κ3) is 7.42. The molecule has 9 heteroatoms. The van der Waals surface area contributed by atoms with Gasteiger partial charge in [-0.3, -0.25) is 4.79 Å². The maximum absolute atomic E-state index is 12.2. The SMILES string of the molecule is CC(C)NC(=O)NCc1ccc(C(=O)OC(C)C(=O)Nc2ccc(Cl)cn2)cc1. The van der Waals surface area contributed by atoms with Crippen molar-refractivity contribution < 1.29 is 19.1 Å². The van der Waals surface area contributed by atoms with Gasteiger partial charge in [0.25, 0.3) is 5.91 Å². The van der Waals surface area contributed by atoms with E-state index in [1.807, 2.05) is 13.8 Å². The second kappa shape index (κ2) is 10.4. The van der Waals surface area contributed by atoms with E-state index in [1.54, 1.807) is 36.4 Å². The van der Waals surface area contributed by atoms with Gasteiger partial charge in [0.2, 0.25) is 0 Å². The Labute approximate surface area is 174 Å². The van der Waals surface area contributed by atoms with Crippen LogP contribution in [0.1, 0.15) is 36.7 Å². The number of rotatable bonds is 7. The molecule has 3 N–H and O–H groups in total. The predicted molar refractivity (Wildman–Crippen MR) is 110 cm³/mol. The highest BCUT2D eigenvalue weighted by Gasteiger charge is 2.19. The highest BCUT2D eigenvalue weighted by Crippen LogP contribution is 2.11. The average Bonchev–Trinajstić information content (AvgIpc) is 2.68. The van der Waals surface area contributed by atoms with Gasteiger partial charge in [-0.25, -0.2) is 14.6 Å². The van der Waals surface area contributed by atoms with Crippen LogP contribution in [0.5, 0.6) is 0 Å². The van der Waals surface area contributed by atoms with E-state index in [0.717, 1.165) is 5.56 Å². The summed E-state index contributed by atoms with van der Waals surface area (Å²) in [5, 5.41) is 8.43. The van der Waals surface area contributed by atoms with Gasteiger partial charge < -0.3 is 20.7 Å². The quantitative estimate of drug-likeness (QED) is 0.598. The Kier molecular flexibility index (Phi) is 7.97. The summed E-state index contributed by atoms with van der Waals surface area (Å²) in [5.74, 6) is -0.834. The minimum Gasteiger partial charge on any atom is -0.449 e. The molecule has 0 spiro atoms. The number of hydrogen-bond donors (Lipinski definition) is 3. The van der Waals surface area contributed by atoms with Gasteiger partial charge in [0.05, 0.1) is 10.6 Å². The summed E-state index contributed by atoms with van der Waals surface area (Å²) in [4.78, 5) is 39.9. The van der Waals surface area contributed by atoms with E-state index in [4.69, 9.17) is 16.3 Å². The van der Waals surface area contributed by atoms with E-state index in [9.17, 15) is 14.4 Å². The lowest BCUT2D eigenvalue weighted by Crippen LogP contribution is -2.39. The monoisotopic (exact) mass is 418 g/mol. The summed E-state index contributed by atoms with van der Waals surface area (Å²) in [5.41, 5.74) is 1.12. The largest absolute Gasteiger partial charge is 0.449 e. The highest BCUT2D eigenvalue weighted by atomic mass is 35.5. The molecule has 3 amide bonds. The van der Waals surface area contributed by atoms with Crippen molar-refractivity contribution in [3.8, 4) is 0 Å². The maximum atomic E-state index is 12.2. The molecule has 1 unspecified atom stereocenters. The van der Waals surface area contributed by atoms with Crippen LogP contribution < -0.4 is 16.0 Å². The standard InChI is InChI=1S/C20H23ClN4O4/c1-12(2)24-20(28)23-10-14-4-6-15(7-5-14)19(27)29-13(3)18(26)25-17-9-8-16(21)11-22-17/h4-9,11-13H,10H2,1-3H3,(H,22,25,26)(H2,23,24,28). The van der Waals surface area contributed by atoms with Gasteiger partial charge in [-0.05, 0) is 50.6 Å². The molecule has 0 saturated heterocycles. The first-order valence-corrected chi connectivity index (χ1v) is 9.39. The summed E-state index contributed by atoms with van der Waals surface area (Å²) in [6, 6.07) is 9.46. The number of nitrogens with one attached hydrogen (secondary N) is 3. The highest BCUT2D eigenvalue weighted by molar-refractivity contribution is 6.30.